The molecule has 0 aliphatic heterocycles. The van der Waals surface area contributed by atoms with E-state index in [0.717, 1.165) is 0 Å². The van der Waals surface area contributed by atoms with Crippen LogP contribution >= 0.6 is 0 Å². The van der Waals surface area contributed by atoms with Gasteiger partial charge in [0.15, 0.2) is 0 Å². The predicted molar refractivity (Wildman–Crippen MR) is 49.5 cm³/mol. The van der Waals surface area contributed by atoms with Gasteiger partial charge < -0.3 is 0 Å². The lowest BCUT2D eigenvalue weighted by atomic mass is 10.1. The third-order valence-corrected chi connectivity index (χ3v) is 3.67. The Morgan fingerprint density at radius 2 is 2.00 bits per heavy atom. The molecule has 0 atom stereocenters. The van der Waals surface area contributed by atoms with Crippen LogP contribution in [0.25, 0.3) is 0 Å². The number of carbonyl (C=O) groups is 1. The van der Waals surface area contributed by atoms with Crippen LogP contribution in [0.4, 0.5) is 0 Å². The van der Waals surface area contributed by atoms with E-state index < -0.39 is 10.0 Å². The van der Waals surface area contributed by atoms with Crippen LogP contribution in [0.15, 0.2) is 0 Å². The van der Waals surface area contributed by atoms with Crippen molar-refractivity contribution in [3.8, 4) is 0 Å². The van der Waals surface area contributed by atoms with Crippen molar-refractivity contribution in [1.29, 1.82) is 0 Å². The molecule has 1 saturated carbocycles. The molecule has 1 rings (SSSR count). The highest BCUT2D eigenvalue weighted by Crippen LogP contribution is 2.27. The molecule has 0 unspecified atom stereocenters. The molecule has 0 radical (unpaired) electrons. The molecule has 0 aromatic rings. The van der Waals surface area contributed by atoms with Crippen molar-refractivity contribution in [2.45, 2.75) is 38.4 Å². The highest BCUT2D eigenvalue weighted by atomic mass is 32.2. The summed E-state index contributed by atoms with van der Waals surface area (Å²) in [5.41, 5.74) is 0. The maximum Gasteiger partial charge on any atom is 0.237 e. The van der Waals surface area contributed by atoms with E-state index in [4.69, 9.17) is 0 Å². The van der Waals surface area contributed by atoms with Crippen molar-refractivity contribution in [2.24, 2.45) is 5.92 Å². The molecule has 1 N–H and O–H groups in total. The van der Waals surface area contributed by atoms with E-state index in [2.05, 4.69) is 4.72 Å². The lowest BCUT2D eigenvalue weighted by Crippen LogP contribution is -2.33. The summed E-state index contributed by atoms with van der Waals surface area (Å²) in [5, 5.41) is -0.316. The molecule has 1 fully saturated rings. The fourth-order valence-corrected chi connectivity index (χ4v) is 2.36. The first-order valence-corrected chi connectivity index (χ1v) is 6.01. The van der Waals surface area contributed by atoms with Gasteiger partial charge in [0.2, 0.25) is 15.9 Å². The highest BCUT2D eigenvalue weighted by Gasteiger charge is 2.36. The standard InChI is InChI=1S/C8H15NO3S/c1-6(2)5-8(10)9-13(11,12)7-3-4-7/h6-7H,3-5H2,1-2H3,(H,9,10). The van der Waals surface area contributed by atoms with Gasteiger partial charge in [-0.15, -0.1) is 0 Å². The summed E-state index contributed by atoms with van der Waals surface area (Å²) < 4.78 is 24.6. The van der Waals surface area contributed by atoms with Gasteiger partial charge >= 0.3 is 0 Å². The Morgan fingerprint density at radius 1 is 1.46 bits per heavy atom. The molecule has 1 aliphatic rings. The van der Waals surface area contributed by atoms with E-state index in [1.165, 1.54) is 0 Å². The second-order valence-corrected chi connectivity index (χ2v) is 5.83. The number of sulfonamides is 1. The summed E-state index contributed by atoms with van der Waals surface area (Å²) in [5.74, 6) is -0.198. The second-order valence-electron chi connectivity index (χ2n) is 3.87. The number of hydrogen-bond acceptors (Lipinski definition) is 3. The summed E-state index contributed by atoms with van der Waals surface area (Å²) in [6.07, 6.45) is 1.64. The fourth-order valence-electron chi connectivity index (χ4n) is 1.03. The van der Waals surface area contributed by atoms with Gasteiger partial charge in [-0.1, -0.05) is 13.8 Å². The van der Waals surface area contributed by atoms with Gasteiger partial charge in [-0.05, 0) is 18.8 Å². The van der Waals surface area contributed by atoms with Crippen LogP contribution in [0.3, 0.4) is 0 Å². The Bertz CT molecular complexity index is 291. The smallest absolute Gasteiger partial charge is 0.237 e. The van der Waals surface area contributed by atoms with Crippen LogP contribution < -0.4 is 4.72 Å². The molecule has 1 amide bonds. The first-order chi connectivity index (χ1) is 5.92. The summed E-state index contributed by atoms with van der Waals surface area (Å²) in [4.78, 5) is 11.1. The Morgan fingerprint density at radius 3 is 2.38 bits per heavy atom. The van der Waals surface area contributed by atoms with E-state index in [-0.39, 0.29) is 23.5 Å². The summed E-state index contributed by atoms with van der Waals surface area (Å²) in [6.45, 7) is 3.76. The van der Waals surface area contributed by atoms with E-state index >= 15 is 0 Å². The zero-order chi connectivity index (χ0) is 10.1. The number of carbonyl (C=O) groups excluding carboxylic acids is 1. The Balaban J connectivity index is 2.43. The van der Waals surface area contributed by atoms with Gasteiger partial charge in [0, 0.05) is 6.42 Å². The van der Waals surface area contributed by atoms with Crippen molar-refractivity contribution in [3.63, 3.8) is 0 Å². The summed E-state index contributed by atoms with van der Waals surface area (Å²) >= 11 is 0. The van der Waals surface area contributed by atoms with Crippen LogP contribution in [0, 0.1) is 5.92 Å². The molecular formula is C8H15NO3S. The minimum absolute atomic E-state index is 0.189. The van der Waals surface area contributed by atoms with E-state index in [0.29, 0.717) is 12.8 Å². The average molecular weight is 205 g/mol. The molecule has 0 saturated heterocycles. The Hall–Kier alpha value is -0.580. The topological polar surface area (TPSA) is 63.2 Å². The van der Waals surface area contributed by atoms with E-state index in [1.807, 2.05) is 13.8 Å². The molecule has 0 aromatic carbocycles. The third-order valence-electron chi connectivity index (χ3n) is 1.81. The lowest BCUT2D eigenvalue weighted by molar-refractivity contribution is -0.120. The SMILES string of the molecule is CC(C)CC(=O)NS(=O)(=O)C1CC1. The van der Waals surface area contributed by atoms with Crippen molar-refractivity contribution in [2.75, 3.05) is 0 Å². The number of rotatable bonds is 4. The summed E-state index contributed by atoms with van der Waals surface area (Å²) in [6, 6.07) is 0. The summed E-state index contributed by atoms with van der Waals surface area (Å²) in [7, 11) is -3.33. The highest BCUT2D eigenvalue weighted by molar-refractivity contribution is 7.90. The first-order valence-electron chi connectivity index (χ1n) is 4.46. The monoisotopic (exact) mass is 205 g/mol. The van der Waals surface area contributed by atoms with Crippen LogP contribution in [-0.2, 0) is 14.8 Å². The lowest BCUT2D eigenvalue weighted by Gasteiger charge is -2.06. The maximum absolute atomic E-state index is 11.3. The van der Waals surface area contributed by atoms with Crippen molar-refractivity contribution < 1.29 is 13.2 Å². The molecule has 4 nitrogen and oxygen atoms in total. The second kappa shape index (κ2) is 3.65. The number of nitrogens with one attached hydrogen (secondary N) is 1. The molecule has 13 heavy (non-hydrogen) atoms. The Labute approximate surface area is 78.8 Å². The number of amides is 1. The van der Waals surface area contributed by atoms with Crippen molar-refractivity contribution >= 4 is 15.9 Å². The molecule has 76 valence electrons. The first kappa shape index (κ1) is 10.5. The normalized spacial score (nSPS) is 17.5. The van der Waals surface area contributed by atoms with Crippen molar-refractivity contribution in [3.05, 3.63) is 0 Å². The van der Waals surface area contributed by atoms with Crippen LogP contribution in [0.1, 0.15) is 33.1 Å². The minimum atomic E-state index is -3.33. The van der Waals surface area contributed by atoms with Gasteiger partial charge in [0.25, 0.3) is 0 Å². The minimum Gasteiger partial charge on any atom is -0.274 e. The van der Waals surface area contributed by atoms with E-state index in [1.54, 1.807) is 0 Å². The molecule has 1 aliphatic carbocycles. The predicted octanol–water partition coefficient (Wildman–Crippen LogP) is 0.641. The molecule has 0 bridgehead atoms. The van der Waals surface area contributed by atoms with Gasteiger partial charge in [-0.3, -0.25) is 9.52 Å². The average Bonchev–Trinajstić information content (AvgIpc) is 2.60. The van der Waals surface area contributed by atoms with Crippen molar-refractivity contribution in [1.82, 2.24) is 4.72 Å². The third kappa shape index (κ3) is 3.34. The molecule has 0 heterocycles. The Kier molecular flexibility index (Phi) is 2.95. The van der Waals surface area contributed by atoms with Crippen LogP contribution in [-0.4, -0.2) is 19.6 Å². The molecular weight excluding hydrogens is 190 g/mol. The van der Waals surface area contributed by atoms with Gasteiger partial charge in [-0.25, -0.2) is 8.42 Å². The van der Waals surface area contributed by atoms with Crippen LogP contribution in [0.2, 0.25) is 0 Å². The molecule has 0 spiro atoms. The maximum atomic E-state index is 11.3. The van der Waals surface area contributed by atoms with Gasteiger partial charge in [0.1, 0.15) is 0 Å². The molecule has 0 aromatic heterocycles. The fraction of sp³-hybridized carbons (Fsp3) is 0.875. The quantitative estimate of drug-likeness (QED) is 0.732. The van der Waals surface area contributed by atoms with Crippen LogP contribution in [0.5, 0.6) is 0 Å². The largest absolute Gasteiger partial charge is 0.274 e. The molecule has 5 heteroatoms. The van der Waals surface area contributed by atoms with Gasteiger partial charge in [0.05, 0.1) is 5.25 Å². The zero-order valence-electron chi connectivity index (χ0n) is 7.91. The van der Waals surface area contributed by atoms with Gasteiger partial charge in [-0.2, -0.15) is 0 Å². The zero-order valence-corrected chi connectivity index (χ0v) is 8.73. The van der Waals surface area contributed by atoms with E-state index in [9.17, 15) is 13.2 Å². The number of hydrogen-bond donors (Lipinski definition) is 1.